The lowest BCUT2D eigenvalue weighted by molar-refractivity contribution is 0.293. The van der Waals surface area contributed by atoms with Gasteiger partial charge in [0.05, 0.1) is 21.7 Å². The summed E-state index contributed by atoms with van der Waals surface area (Å²) in [5.41, 5.74) is 5.99. The number of aromatic nitrogens is 2. The average molecular weight is 573 g/mol. The Morgan fingerprint density at radius 2 is 2.05 bits per heavy atom. The van der Waals surface area contributed by atoms with Crippen molar-refractivity contribution in [3.8, 4) is 12.1 Å². The van der Waals surface area contributed by atoms with E-state index >= 15 is 4.39 Å². The molecule has 3 N–H and O–H groups in total. The van der Waals surface area contributed by atoms with E-state index in [4.69, 9.17) is 22.1 Å². The largest absolute Gasteiger partial charge is 0.463 e. The van der Waals surface area contributed by atoms with Crippen LogP contribution in [0.15, 0.2) is 18.7 Å². The molecule has 0 radical (unpaired) electrons. The Labute approximate surface area is 235 Å². The van der Waals surface area contributed by atoms with E-state index in [1.807, 2.05) is 26.8 Å². The van der Waals surface area contributed by atoms with Gasteiger partial charge in [0.1, 0.15) is 28.2 Å². The summed E-state index contributed by atoms with van der Waals surface area (Å²) in [6.07, 6.45) is 5.23. The third-order valence-electron chi connectivity index (χ3n) is 6.60. The maximum Gasteiger partial charge on any atom is 0.319 e. The Balaban J connectivity index is 0.00000172. The standard InChI is InChI=1S/C26H25ClF2N6OS.C2H6/c1-3-7-36-26-33-22-17(25(34-26)35-11-13-5-6-14(12-35)32-13)9-19(27)16(21(22)29)8-15-18(10-30)24(31)37-23(15)20(28)4-2;1-2/h4,8-9,13-14,32H,2-3,5-7,11-12,31H2,1H3;1-2H3/b15-8+,23-20-;. The molecule has 0 amide bonds. The van der Waals surface area contributed by atoms with Gasteiger partial charge in [-0.1, -0.05) is 39.0 Å². The van der Waals surface area contributed by atoms with Gasteiger partial charge in [0.15, 0.2) is 5.82 Å². The second-order valence-corrected chi connectivity index (χ2v) is 10.6. The topological polar surface area (TPSA) is 100 Å². The molecule has 206 valence electrons. The van der Waals surface area contributed by atoms with Crippen molar-refractivity contribution < 1.29 is 13.5 Å². The van der Waals surface area contributed by atoms with E-state index in [2.05, 4.69) is 26.8 Å². The number of hydrogen-bond donors (Lipinski definition) is 2. The smallest absolute Gasteiger partial charge is 0.319 e. The maximum atomic E-state index is 16.2. The summed E-state index contributed by atoms with van der Waals surface area (Å²) in [6, 6.07) is 4.33. The summed E-state index contributed by atoms with van der Waals surface area (Å²) in [4.78, 5) is 11.1. The number of halogens is 3. The van der Waals surface area contributed by atoms with E-state index in [1.165, 1.54) is 6.08 Å². The van der Waals surface area contributed by atoms with Crippen LogP contribution in [0.2, 0.25) is 5.02 Å². The van der Waals surface area contributed by atoms with Gasteiger partial charge in [-0.3, -0.25) is 0 Å². The lowest BCUT2D eigenvalue weighted by Gasteiger charge is -2.34. The summed E-state index contributed by atoms with van der Waals surface area (Å²) < 4.78 is 36.5. The maximum absolute atomic E-state index is 16.2. The van der Waals surface area contributed by atoms with E-state index in [1.54, 1.807) is 6.07 Å². The molecule has 2 fully saturated rings. The van der Waals surface area contributed by atoms with Crippen molar-refractivity contribution in [1.82, 2.24) is 15.3 Å². The zero-order chi connectivity index (χ0) is 28.3. The van der Waals surface area contributed by atoms with Crippen molar-refractivity contribution >= 4 is 56.6 Å². The molecule has 2 atom stereocenters. The summed E-state index contributed by atoms with van der Waals surface area (Å²) in [5, 5.41) is 14.0. The van der Waals surface area contributed by atoms with E-state index < -0.39 is 11.6 Å². The van der Waals surface area contributed by atoms with Crippen molar-refractivity contribution in [2.24, 2.45) is 0 Å². The molecule has 0 saturated carbocycles. The predicted octanol–water partition coefficient (Wildman–Crippen LogP) is 4.79. The van der Waals surface area contributed by atoms with Crippen LogP contribution in [0.1, 0.15) is 51.2 Å². The first-order valence-corrected chi connectivity index (χ1v) is 14.2. The number of allylic oxidation sites excluding steroid dienone is 1. The van der Waals surface area contributed by atoms with E-state index in [0.717, 1.165) is 49.8 Å². The number of piperazine rings is 1. The Morgan fingerprint density at radius 3 is 2.67 bits per heavy atom. The van der Waals surface area contributed by atoms with Gasteiger partial charge in [-0.2, -0.15) is 15.2 Å². The number of thiophene rings is 1. The van der Waals surface area contributed by atoms with E-state index in [-0.39, 0.29) is 42.4 Å². The van der Waals surface area contributed by atoms with Gasteiger partial charge in [0, 0.05) is 41.3 Å². The van der Waals surface area contributed by atoms with Crippen LogP contribution >= 0.6 is 22.9 Å². The highest BCUT2D eigenvalue weighted by Crippen LogP contribution is 2.36. The lowest BCUT2D eigenvalue weighted by atomic mass is 10.1. The summed E-state index contributed by atoms with van der Waals surface area (Å²) in [7, 11) is 0. The van der Waals surface area contributed by atoms with Gasteiger partial charge in [-0.15, -0.1) is 11.3 Å². The number of benzene rings is 1. The Morgan fingerprint density at radius 1 is 1.36 bits per heavy atom. The van der Waals surface area contributed by atoms with Crippen molar-refractivity contribution in [2.45, 2.75) is 52.1 Å². The predicted molar refractivity (Wildman–Crippen MR) is 155 cm³/mol. The third kappa shape index (κ3) is 5.57. The zero-order valence-corrected chi connectivity index (χ0v) is 23.7. The Hall–Kier alpha value is -3.26. The molecule has 2 aliphatic heterocycles. The number of hydrogen-bond acceptors (Lipinski definition) is 8. The van der Waals surface area contributed by atoms with Crippen molar-refractivity contribution in [3.05, 3.63) is 50.4 Å². The normalized spacial score (nSPS) is 19.4. The minimum atomic E-state index is -0.718. The van der Waals surface area contributed by atoms with Gasteiger partial charge < -0.3 is 20.7 Å². The zero-order valence-electron chi connectivity index (χ0n) is 22.2. The summed E-state index contributed by atoms with van der Waals surface area (Å²) in [6.45, 7) is 11.2. The number of fused-ring (bicyclic) bond motifs is 3. The number of nitrogen functional groups attached to an aromatic ring is 1. The molecule has 5 rings (SSSR count). The molecule has 11 heteroatoms. The van der Waals surface area contributed by atoms with Crippen LogP contribution in [0, 0.1) is 17.1 Å². The molecular weight excluding hydrogens is 542 g/mol. The molecule has 2 aromatic heterocycles. The molecule has 4 heterocycles. The number of rotatable bonds is 6. The van der Waals surface area contributed by atoms with Crippen LogP contribution in [0.4, 0.5) is 19.6 Å². The minimum absolute atomic E-state index is 0.0342. The molecular formula is C28H31ClF2N6OS. The fraction of sp³-hybridized carbons (Fsp3) is 0.393. The molecule has 2 bridgehead atoms. The van der Waals surface area contributed by atoms with E-state index in [0.29, 0.717) is 29.9 Å². The molecule has 3 aromatic rings. The summed E-state index contributed by atoms with van der Waals surface area (Å²) in [5.74, 6) is -0.828. The SMILES string of the molecule is C=C/C(F)=c1/sc(N)c(C#N)/c1=C\c1c(Cl)cc2c(N3CC4CCC(C3)N4)nc(OCCC)nc2c1F.CC. The fourth-order valence-electron chi connectivity index (χ4n) is 4.91. The molecule has 2 aliphatic rings. The molecule has 0 aliphatic carbocycles. The highest BCUT2D eigenvalue weighted by molar-refractivity contribution is 7.14. The van der Waals surface area contributed by atoms with Crippen LogP contribution in [0.5, 0.6) is 6.01 Å². The number of nitrogens with zero attached hydrogens (tertiary/aromatic N) is 4. The van der Waals surface area contributed by atoms with Gasteiger partial charge in [0.25, 0.3) is 0 Å². The van der Waals surface area contributed by atoms with Crippen LogP contribution in [-0.4, -0.2) is 41.7 Å². The molecule has 7 nitrogen and oxygen atoms in total. The van der Waals surface area contributed by atoms with Gasteiger partial charge in [-0.25, -0.2) is 8.78 Å². The second-order valence-electron chi connectivity index (χ2n) is 9.10. The lowest BCUT2D eigenvalue weighted by Crippen LogP contribution is -2.51. The fourth-order valence-corrected chi connectivity index (χ4v) is 6.08. The van der Waals surface area contributed by atoms with Crippen LogP contribution in [0.25, 0.3) is 22.8 Å². The Bertz CT molecular complexity index is 1560. The quantitative estimate of drug-likeness (QED) is 0.438. The monoisotopic (exact) mass is 572 g/mol. The van der Waals surface area contributed by atoms with Crippen LogP contribution in [-0.2, 0) is 0 Å². The number of anilines is 2. The molecule has 2 saturated heterocycles. The molecule has 39 heavy (non-hydrogen) atoms. The number of nitrogens with two attached hydrogens (primary N) is 1. The first-order valence-electron chi connectivity index (χ1n) is 13.0. The van der Waals surface area contributed by atoms with Crippen LogP contribution < -0.4 is 30.4 Å². The van der Waals surface area contributed by atoms with Crippen molar-refractivity contribution in [3.63, 3.8) is 0 Å². The average Bonchev–Trinajstić information content (AvgIpc) is 3.46. The third-order valence-corrected chi connectivity index (χ3v) is 7.95. The van der Waals surface area contributed by atoms with Gasteiger partial charge >= 0.3 is 6.01 Å². The first-order chi connectivity index (χ1) is 18.8. The highest BCUT2D eigenvalue weighted by atomic mass is 35.5. The van der Waals surface area contributed by atoms with Crippen molar-refractivity contribution in [1.29, 1.82) is 5.26 Å². The highest BCUT2D eigenvalue weighted by Gasteiger charge is 2.34. The van der Waals surface area contributed by atoms with Gasteiger partial charge in [-0.05, 0) is 37.5 Å². The first kappa shape index (κ1) is 28.7. The number of nitrogens with one attached hydrogen (secondary N) is 1. The van der Waals surface area contributed by atoms with Crippen LogP contribution in [0.3, 0.4) is 0 Å². The molecule has 1 aromatic carbocycles. The van der Waals surface area contributed by atoms with Crippen molar-refractivity contribution in [2.75, 3.05) is 30.3 Å². The minimum Gasteiger partial charge on any atom is -0.463 e. The second kappa shape index (κ2) is 12.3. The van der Waals surface area contributed by atoms with Gasteiger partial charge in [0.2, 0.25) is 0 Å². The Kier molecular flexibility index (Phi) is 9.05. The molecule has 2 unspecified atom stereocenters. The number of ether oxygens (including phenoxy) is 1. The number of nitriles is 1. The molecule has 0 spiro atoms. The summed E-state index contributed by atoms with van der Waals surface area (Å²) >= 11 is 7.50. The van der Waals surface area contributed by atoms with E-state index in [9.17, 15) is 9.65 Å².